The Morgan fingerprint density at radius 1 is 0.821 bits per heavy atom. The lowest BCUT2D eigenvalue weighted by Crippen LogP contribution is -2.29. The topological polar surface area (TPSA) is 54.0 Å². The second kappa shape index (κ2) is 8.37. The van der Waals surface area contributed by atoms with Crippen LogP contribution in [0.3, 0.4) is 0 Å². The van der Waals surface area contributed by atoms with Gasteiger partial charge in [-0.1, -0.05) is 70.5 Å². The fourth-order valence-corrected chi connectivity index (χ4v) is 3.65. The number of nitrogens with one attached hydrogen (secondary N) is 2. The summed E-state index contributed by atoms with van der Waals surface area (Å²) < 4.78 is 0.930. The number of hydrazine groups is 1. The molecule has 0 aliphatic rings. The second-order valence-corrected chi connectivity index (χ2v) is 7.84. The number of anilines is 1. The summed E-state index contributed by atoms with van der Waals surface area (Å²) in [7, 11) is 0. The van der Waals surface area contributed by atoms with Crippen LogP contribution in [0.4, 0.5) is 5.13 Å². The normalized spacial score (nSPS) is 10.5. The van der Waals surface area contributed by atoms with E-state index in [0.717, 1.165) is 15.7 Å². The summed E-state index contributed by atoms with van der Waals surface area (Å²) in [6.07, 6.45) is 0. The highest BCUT2D eigenvalue weighted by molar-refractivity contribution is 9.10. The summed E-state index contributed by atoms with van der Waals surface area (Å²) in [5, 5.41) is 2.60. The van der Waals surface area contributed by atoms with Gasteiger partial charge in [0.25, 0.3) is 5.91 Å². The van der Waals surface area contributed by atoms with Gasteiger partial charge in [0, 0.05) is 21.0 Å². The van der Waals surface area contributed by atoms with E-state index in [4.69, 9.17) is 0 Å². The maximum absolute atomic E-state index is 12.2. The Balaban J connectivity index is 1.41. The third-order valence-corrected chi connectivity index (χ3v) is 5.47. The number of nitrogens with zero attached hydrogens (tertiary/aromatic N) is 1. The zero-order valence-corrected chi connectivity index (χ0v) is 17.1. The first kappa shape index (κ1) is 18.4. The van der Waals surface area contributed by atoms with Crippen LogP contribution in [-0.4, -0.2) is 10.9 Å². The molecule has 0 aliphatic carbocycles. The van der Waals surface area contributed by atoms with E-state index < -0.39 is 0 Å². The molecule has 3 aromatic carbocycles. The van der Waals surface area contributed by atoms with Crippen molar-refractivity contribution < 1.29 is 4.79 Å². The lowest BCUT2D eigenvalue weighted by Gasteiger charge is -2.05. The fraction of sp³-hybridized carbons (Fsp3) is 0. The van der Waals surface area contributed by atoms with Crippen LogP contribution >= 0.6 is 27.3 Å². The van der Waals surface area contributed by atoms with Crippen LogP contribution < -0.4 is 10.9 Å². The lowest BCUT2D eigenvalue weighted by atomic mass is 10.0. The fourth-order valence-electron chi connectivity index (χ4n) is 2.71. The van der Waals surface area contributed by atoms with Crippen molar-refractivity contribution >= 4 is 38.3 Å². The molecule has 0 fully saturated rings. The molecule has 0 atom stereocenters. The molecular formula is C22H16BrN3OS. The van der Waals surface area contributed by atoms with Gasteiger partial charge in [-0.05, 0) is 35.4 Å². The van der Waals surface area contributed by atoms with E-state index in [-0.39, 0.29) is 5.91 Å². The molecule has 6 heteroatoms. The SMILES string of the molecule is O=C(NNc1nc(-c2ccc(-c3ccccc3)cc2)cs1)c1ccc(Br)cc1. The zero-order chi connectivity index (χ0) is 19.3. The van der Waals surface area contributed by atoms with Crippen LogP contribution in [0.2, 0.25) is 0 Å². The molecule has 1 amide bonds. The van der Waals surface area contributed by atoms with Crippen molar-refractivity contribution in [3.8, 4) is 22.4 Å². The minimum absolute atomic E-state index is 0.212. The second-order valence-electron chi connectivity index (χ2n) is 6.07. The molecular weight excluding hydrogens is 434 g/mol. The van der Waals surface area contributed by atoms with Crippen LogP contribution in [0.1, 0.15) is 10.4 Å². The van der Waals surface area contributed by atoms with Gasteiger partial charge in [-0.25, -0.2) is 4.98 Å². The van der Waals surface area contributed by atoms with E-state index >= 15 is 0 Å². The van der Waals surface area contributed by atoms with Crippen molar-refractivity contribution in [1.29, 1.82) is 0 Å². The first-order valence-electron chi connectivity index (χ1n) is 8.62. The molecule has 1 heterocycles. The van der Waals surface area contributed by atoms with Gasteiger partial charge in [-0.15, -0.1) is 11.3 Å². The molecule has 4 aromatic rings. The minimum Gasteiger partial charge on any atom is -0.273 e. The average Bonchev–Trinajstić information content (AvgIpc) is 3.22. The number of carbonyl (C=O) groups is 1. The first-order chi connectivity index (χ1) is 13.7. The van der Waals surface area contributed by atoms with Gasteiger partial charge >= 0.3 is 0 Å². The zero-order valence-electron chi connectivity index (χ0n) is 14.7. The molecule has 0 spiro atoms. The van der Waals surface area contributed by atoms with Crippen molar-refractivity contribution in [3.05, 3.63) is 94.3 Å². The number of amides is 1. The maximum atomic E-state index is 12.2. The molecule has 0 saturated carbocycles. The molecule has 4 nitrogen and oxygen atoms in total. The molecule has 138 valence electrons. The van der Waals surface area contributed by atoms with E-state index in [0.29, 0.717) is 10.7 Å². The molecule has 4 rings (SSSR count). The Hall–Kier alpha value is -2.96. The van der Waals surface area contributed by atoms with E-state index in [1.165, 1.54) is 22.5 Å². The number of hydrogen-bond acceptors (Lipinski definition) is 4. The van der Waals surface area contributed by atoms with Crippen LogP contribution in [0.15, 0.2) is 88.7 Å². The molecule has 0 bridgehead atoms. The van der Waals surface area contributed by atoms with Crippen LogP contribution in [0.5, 0.6) is 0 Å². The van der Waals surface area contributed by atoms with E-state index in [9.17, 15) is 4.79 Å². The van der Waals surface area contributed by atoms with Gasteiger partial charge < -0.3 is 0 Å². The molecule has 0 saturated heterocycles. The van der Waals surface area contributed by atoms with Gasteiger partial charge in [0.05, 0.1) is 5.69 Å². The summed E-state index contributed by atoms with van der Waals surface area (Å²) in [4.78, 5) is 16.7. The van der Waals surface area contributed by atoms with Gasteiger partial charge in [-0.3, -0.25) is 15.6 Å². The predicted molar refractivity (Wildman–Crippen MR) is 118 cm³/mol. The van der Waals surface area contributed by atoms with E-state index in [1.807, 2.05) is 35.7 Å². The Morgan fingerprint density at radius 3 is 2.18 bits per heavy atom. The highest BCUT2D eigenvalue weighted by Gasteiger charge is 2.08. The van der Waals surface area contributed by atoms with E-state index in [2.05, 4.69) is 68.2 Å². The maximum Gasteiger partial charge on any atom is 0.269 e. The quantitative estimate of drug-likeness (QED) is 0.367. The number of halogens is 1. The van der Waals surface area contributed by atoms with Gasteiger partial charge in [0.15, 0.2) is 0 Å². The largest absolute Gasteiger partial charge is 0.273 e. The number of hydrogen-bond donors (Lipinski definition) is 2. The molecule has 0 unspecified atom stereocenters. The average molecular weight is 450 g/mol. The summed E-state index contributed by atoms with van der Waals surface area (Å²) in [6, 6.07) is 25.7. The summed E-state index contributed by atoms with van der Waals surface area (Å²) >= 11 is 4.80. The highest BCUT2D eigenvalue weighted by atomic mass is 79.9. The number of aromatic nitrogens is 1. The molecule has 28 heavy (non-hydrogen) atoms. The third kappa shape index (κ3) is 4.30. The third-order valence-electron chi connectivity index (χ3n) is 4.18. The Labute approximate surface area is 175 Å². The molecule has 2 N–H and O–H groups in total. The number of carbonyl (C=O) groups excluding carboxylic acids is 1. The lowest BCUT2D eigenvalue weighted by molar-refractivity contribution is 0.0962. The van der Waals surface area contributed by atoms with Crippen molar-refractivity contribution in [2.75, 3.05) is 5.43 Å². The highest BCUT2D eigenvalue weighted by Crippen LogP contribution is 2.27. The van der Waals surface area contributed by atoms with Gasteiger partial charge in [0.2, 0.25) is 5.13 Å². The van der Waals surface area contributed by atoms with Gasteiger partial charge in [0.1, 0.15) is 0 Å². The van der Waals surface area contributed by atoms with Crippen LogP contribution in [0.25, 0.3) is 22.4 Å². The van der Waals surface area contributed by atoms with Crippen molar-refractivity contribution in [3.63, 3.8) is 0 Å². The van der Waals surface area contributed by atoms with Crippen molar-refractivity contribution in [2.24, 2.45) is 0 Å². The summed E-state index contributed by atoms with van der Waals surface area (Å²) in [5.41, 5.74) is 10.4. The Kier molecular flexibility index (Phi) is 5.50. The van der Waals surface area contributed by atoms with Crippen molar-refractivity contribution in [2.45, 2.75) is 0 Å². The van der Waals surface area contributed by atoms with Crippen LogP contribution in [0, 0.1) is 0 Å². The smallest absolute Gasteiger partial charge is 0.269 e. The number of thiazole rings is 1. The first-order valence-corrected chi connectivity index (χ1v) is 10.3. The molecule has 0 aliphatic heterocycles. The minimum atomic E-state index is -0.212. The van der Waals surface area contributed by atoms with Crippen molar-refractivity contribution in [1.82, 2.24) is 10.4 Å². The summed E-state index contributed by atoms with van der Waals surface area (Å²) in [5.74, 6) is -0.212. The number of benzene rings is 3. The van der Waals surface area contributed by atoms with E-state index in [1.54, 1.807) is 12.1 Å². The Morgan fingerprint density at radius 2 is 1.46 bits per heavy atom. The summed E-state index contributed by atoms with van der Waals surface area (Å²) in [6.45, 7) is 0. The van der Waals surface area contributed by atoms with Gasteiger partial charge in [-0.2, -0.15) is 0 Å². The molecule has 0 radical (unpaired) electrons. The predicted octanol–water partition coefficient (Wildman–Crippen LogP) is 6.00. The van der Waals surface area contributed by atoms with Crippen LogP contribution in [-0.2, 0) is 0 Å². The standard InChI is InChI=1S/C22H16BrN3OS/c23-19-12-10-18(11-13-19)21(27)25-26-22-24-20(14-28-22)17-8-6-16(7-9-17)15-4-2-1-3-5-15/h1-14H,(H,24,26)(H,25,27). The molecule has 1 aromatic heterocycles. The Bertz CT molecular complexity index is 1080. The monoisotopic (exact) mass is 449 g/mol. The number of rotatable bonds is 5.